The Bertz CT molecular complexity index is 891. The van der Waals surface area contributed by atoms with Gasteiger partial charge in [0.15, 0.2) is 0 Å². The maximum absolute atomic E-state index is 12.7. The molecule has 0 spiro atoms. The van der Waals surface area contributed by atoms with E-state index in [1.54, 1.807) is 0 Å². The van der Waals surface area contributed by atoms with E-state index in [2.05, 4.69) is 10.3 Å². The van der Waals surface area contributed by atoms with Crippen molar-refractivity contribution < 1.29 is 13.2 Å². The van der Waals surface area contributed by atoms with E-state index in [4.69, 9.17) is 0 Å². The number of benzene rings is 1. The van der Waals surface area contributed by atoms with Crippen LogP contribution in [0.15, 0.2) is 24.3 Å². The zero-order chi connectivity index (χ0) is 18.7. The molecule has 7 nitrogen and oxygen atoms in total. The number of nitrogens with one attached hydrogen (secondary N) is 1. The Labute approximate surface area is 154 Å². The Morgan fingerprint density at radius 1 is 1.31 bits per heavy atom. The molecule has 1 unspecified atom stereocenters. The van der Waals surface area contributed by atoms with Crippen molar-refractivity contribution in [3.8, 4) is 0 Å². The zero-order valence-electron chi connectivity index (χ0n) is 15.3. The Balaban J connectivity index is 1.72. The number of sulfonamides is 1. The van der Waals surface area contributed by atoms with Gasteiger partial charge in [0.1, 0.15) is 11.9 Å². The molecule has 1 aliphatic rings. The molecule has 1 amide bonds. The lowest BCUT2D eigenvalue weighted by Crippen LogP contribution is -2.52. The lowest BCUT2D eigenvalue weighted by Gasteiger charge is -2.33. The molecule has 0 bridgehead atoms. The summed E-state index contributed by atoms with van der Waals surface area (Å²) in [5, 5.41) is 2.89. The molecule has 0 aliphatic carbocycles. The molecule has 8 heteroatoms. The van der Waals surface area contributed by atoms with Gasteiger partial charge in [0.05, 0.1) is 23.3 Å². The number of hydrogen-bond acceptors (Lipinski definition) is 4. The highest BCUT2D eigenvalue weighted by Crippen LogP contribution is 2.22. The minimum absolute atomic E-state index is 0.0849. The number of amides is 1. The minimum atomic E-state index is -3.39. The molecule has 1 aromatic carbocycles. The van der Waals surface area contributed by atoms with Crippen LogP contribution in [0.1, 0.15) is 38.4 Å². The highest BCUT2D eigenvalue weighted by atomic mass is 32.2. The summed E-state index contributed by atoms with van der Waals surface area (Å²) in [6.45, 7) is 2.54. The third kappa shape index (κ3) is 3.76. The SMILES string of the molecule is CCCS(=O)(=O)N1CCCCC1C(=O)NCc1nc2ccccc2n1C. The average Bonchev–Trinajstić information content (AvgIpc) is 2.96. The third-order valence-corrected chi connectivity index (χ3v) is 6.95. The molecule has 1 aromatic heterocycles. The van der Waals surface area contributed by atoms with Crippen LogP contribution in [0.4, 0.5) is 0 Å². The van der Waals surface area contributed by atoms with Crippen molar-refractivity contribution in [3.63, 3.8) is 0 Å². The molecule has 1 N–H and O–H groups in total. The second kappa shape index (κ2) is 7.75. The number of piperidine rings is 1. The van der Waals surface area contributed by atoms with Crippen molar-refractivity contribution in [1.82, 2.24) is 19.2 Å². The maximum atomic E-state index is 12.7. The number of imidazole rings is 1. The highest BCUT2D eigenvalue weighted by molar-refractivity contribution is 7.89. The number of nitrogens with zero attached hydrogens (tertiary/aromatic N) is 3. The molecular formula is C18H26N4O3S. The number of carbonyl (C=O) groups is 1. The number of hydrogen-bond donors (Lipinski definition) is 1. The molecular weight excluding hydrogens is 352 g/mol. The van der Waals surface area contributed by atoms with Gasteiger partial charge in [0, 0.05) is 13.6 Å². The summed E-state index contributed by atoms with van der Waals surface area (Å²) < 4.78 is 28.3. The molecule has 142 valence electrons. The molecule has 1 fully saturated rings. The largest absolute Gasteiger partial charge is 0.347 e. The Hall–Kier alpha value is -1.93. The second-order valence-electron chi connectivity index (χ2n) is 6.73. The Morgan fingerprint density at radius 3 is 2.81 bits per heavy atom. The van der Waals surface area contributed by atoms with Gasteiger partial charge in [0.2, 0.25) is 15.9 Å². The van der Waals surface area contributed by atoms with Crippen molar-refractivity contribution in [1.29, 1.82) is 0 Å². The number of aromatic nitrogens is 2. The van der Waals surface area contributed by atoms with Crippen LogP contribution in [0.3, 0.4) is 0 Å². The van der Waals surface area contributed by atoms with Gasteiger partial charge in [-0.2, -0.15) is 4.31 Å². The summed E-state index contributed by atoms with van der Waals surface area (Å²) in [5.41, 5.74) is 1.88. The molecule has 2 heterocycles. The smallest absolute Gasteiger partial charge is 0.238 e. The number of rotatable bonds is 6. The first-order valence-corrected chi connectivity index (χ1v) is 10.7. The summed E-state index contributed by atoms with van der Waals surface area (Å²) in [5.74, 6) is 0.594. The number of carbonyl (C=O) groups excluding carboxylic acids is 1. The predicted octanol–water partition coefficient (Wildman–Crippen LogP) is 1.78. The standard InChI is InChI=1S/C18H26N4O3S/c1-3-12-26(24,25)22-11-7-6-10-16(22)18(23)19-13-17-20-14-8-4-5-9-15(14)21(17)2/h4-5,8-9,16H,3,6-7,10-13H2,1-2H3,(H,19,23). The van der Waals surface area contributed by atoms with Crippen molar-refractivity contribution in [2.24, 2.45) is 7.05 Å². The first kappa shape index (κ1) is 18.8. The van der Waals surface area contributed by atoms with E-state index in [0.717, 1.165) is 29.7 Å². The topological polar surface area (TPSA) is 84.3 Å². The minimum Gasteiger partial charge on any atom is -0.347 e. The fourth-order valence-electron chi connectivity index (χ4n) is 3.51. The molecule has 1 saturated heterocycles. The van der Waals surface area contributed by atoms with Crippen molar-refractivity contribution in [2.45, 2.75) is 45.2 Å². The van der Waals surface area contributed by atoms with E-state index in [1.165, 1.54) is 4.31 Å². The summed E-state index contributed by atoms with van der Waals surface area (Å²) in [4.78, 5) is 17.2. The lowest BCUT2D eigenvalue weighted by molar-refractivity contribution is -0.125. The fraction of sp³-hybridized carbons (Fsp3) is 0.556. The summed E-state index contributed by atoms with van der Waals surface area (Å²) in [7, 11) is -1.48. The monoisotopic (exact) mass is 378 g/mol. The van der Waals surface area contributed by atoms with E-state index in [1.807, 2.05) is 42.8 Å². The van der Waals surface area contributed by atoms with Gasteiger partial charge < -0.3 is 9.88 Å². The van der Waals surface area contributed by atoms with E-state index >= 15 is 0 Å². The first-order valence-electron chi connectivity index (χ1n) is 9.11. The number of fused-ring (bicyclic) bond motifs is 1. The summed E-state index contributed by atoms with van der Waals surface area (Å²) >= 11 is 0. The van der Waals surface area contributed by atoms with Gasteiger partial charge in [-0.1, -0.05) is 25.5 Å². The van der Waals surface area contributed by atoms with Gasteiger partial charge in [-0.15, -0.1) is 0 Å². The first-order chi connectivity index (χ1) is 12.4. The average molecular weight is 378 g/mol. The van der Waals surface area contributed by atoms with Gasteiger partial charge in [-0.3, -0.25) is 4.79 Å². The summed E-state index contributed by atoms with van der Waals surface area (Å²) in [6, 6.07) is 7.17. The van der Waals surface area contributed by atoms with Crippen LogP contribution >= 0.6 is 0 Å². The van der Waals surface area contributed by atoms with E-state index < -0.39 is 16.1 Å². The maximum Gasteiger partial charge on any atom is 0.238 e. The normalized spacial score (nSPS) is 18.9. The van der Waals surface area contributed by atoms with Gasteiger partial charge >= 0.3 is 0 Å². The molecule has 3 rings (SSSR count). The van der Waals surface area contributed by atoms with Crippen molar-refractivity contribution in [2.75, 3.05) is 12.3 Å². The van der Waals surface area contributed by atoms with Crippen LogP contribution in [-0.2, 0) is 28.4 Å². The van der Waals surface area contributed by atoms with Gasteiger partial charge in [0.25, 0.3) is 0 Å². The molecule has 1 atom stereocenters. The molecule has 0 saturated carbocycles. The molecule has 1 aliphatic heterocycles. The number of para-hydroxylation sites is 2. The molecule has 2 aromatic rings. The van der Waals surface area contributed by atoms with Crippen LogP contribution in [0.2, 0.25) is 0 Å². The van der Waals surface area contributed by atoms with E-state index in [9.17, 15) is 13.2 Å². The van der Waals surface area contributed by atoms with Crippen LogP contribution < -0.4 is 5.32 Å². The van der Waals surface area contributed by atoms with Crippen LogP contribution in [0.25, 0.3) is 11.0 Å². The van der Waals surface area contributed by atoms with Crippen molar-refractivity contribution >= 4 is 27.0 Å². The highest BCUT2D eigenvalue weighted by Gasteiger charge is 2.36. The molecule has 26 heavy (non-hydrogen) atoms. The van der Waals surface area contributed by atoms with Crippen molar-refractivity contribution in [3.05, 3.63) is 30.1 Å². The second-order valence-corrected chi connectivity index (χ2v) is 8.77. The van der Waals surface area contributed by atoms with Crippen LogP contribution in [0, 0.1) is 0 Å². The van der Waals surface area contributed by atoms with E-state index in [-0.39, 0.29) is 18.2 Å². The fourth-order valence-corrected chi connectivity index (χ4v) is 5.26. The van der Waals surface area contributed by atoms with Crippen LogP contribution in [-0.4, -0.2) is 46.5 Å². The summed E-state index contributed by atoms with van der Waals surface area (Å²) in [6.07, 6.45) is 2.78. The zero-order valence-corrected chi connectivity index (χ0v) is 16.1. The molecule has 0 radical (unpaired) electrons. The van der Waals surface area contributed by atoms with Gasteiger partial charge in [-0.25, -0.2) is 13.4 Å². The Morgan fingerprint density at radius 2 is 2.08 bits per heavy atom. The lowest BCUT2D eigenvalue weighted by atomic mass is 10.0. The predicted molar refractivity (Wildman–Crippen MR) is 101 cm³/mol. The van der Waals surface area contributed by atoms with E-state index in [0.29, 0.717) is 19.4 Å². The Kier molecular flexibility index (Phi) is 5.62. The quantitative estimate of drug-likeness (QED) is 0.830. The van der Waals surface area contributed by atoms with Crippen LogP contribution in [0.5, 0.6) is 0 Å². The number of aryl methyl sites for hydroxylation is 1. The van der Waals surface area contributed by atoms with Gasteiger partial charge in [-0.05, 0) is 31.4 Å². The third-order valence-electron chi connectivity index (χ3n) is 4.88.